The molecule has 0 saturated carbocycles. The van der Waals surface area contributed by atoms with Crippen LogP contribution in [0.15, 0.2) is 60.7 Å². The maximum atomic E-state index is 11.7. The molecule has 0 unspecified atom stereocenters. The summed E-state index contributed by atoms with van der Waals surface area (Å²) >= 11 is 5.33. The summed E-state index contributed by atoms with van der Waals surface area (Å²) in [5.74, 6) is -1.06. The summed E-state index contributed by atoms with van der Waals surface area (Å²) in [5.41, 5.74) is 2.33. The highest BCUT2D eigenvalue weighted by Gasteiger charge is 2.13. The van der Waals surface area contributed by atoms with Crippen LogP contribution in [0, 0.1) is 10.1 Å². The van der Waals surface area contributed by atoms with E-state index in [9.17, 15) is 19.7 Å². The van der Waals surface area contributed by atoms with Crippen LogP contribution >= 0.6 is 11.8 Å². The van der Waals surface area contributed by atoms with Gasteiger partial charge in [0.2, 0.25) is 5.78 Å². The van der Waals surface area contributed by atoms with Crippen LogP contribution in [-0.4, -0.2) is 23.2 Å². The minimum absolute atomic E-state index is 0.240. The zero-order valence-electron chi connectivity index (χ0n) is 12.4. The van der Waals surface area contributed by atoms with Crippen LogP contribution in [0.1, 0.15) is 21.5 Å². The van der Waals surface area contributed by atoms with Gasteiger partial charge in [-0.1, -0.05) is 54.6 Å². The van der Waals surface area contributed by atoms with Crippen molar-refractivity contribution in [3.05, 3.63) is 87.5 Å². The first-order chi connectivity index (χ1) is 11.5. The molecule has 1 N–H and O–H groups in total. The van der Waals surface area contributed by atoms with Crippen molar-refractivity contribution in [2.75, 3.05) is 6.54 Å². The van der Waals surface area contributed by atoms with Crippen LogP contribution in [-0.2, 0) is 4.79 Å². The molecule has 0 saturated heterocycles. The highest BCUT2D eigenvalue weighted by atomic mass is 35.5. The second-order valence-electron chi connectivity index (χ2n) is 4.87. The number of hydrogen-bond acceptors (Lipinski definition) is 4. The van der Waals surface area contributed by atoms with Crippen molar-refractivity contribution < 1.29 is 14.5 Å². The number of carbonyl (C=O) groups excluding carboxylic acids is 2. The number of nitrogens with zero attached hydrogens (tertiary/aromatic N) is 1. The van der Waals surface area contributed by atoms with Crippen molar-refractivity contribution in [2.24, 2.45) is 0 Å². The van der Waals surface area contributed by atoms with Gasteiger partial charge < -0.3 is 0 Å². The Hall–Kier alpha value is -2.99. The van der Waals surface area contributed by atoms with E-state index in [2.05, 4.69) is 0 Å². The molecule has 1 amide bonds. The minimum Gasteiger partial charge on any atom is -0.287 e. The SMILES string of the molecule is O=C(C=C(c1ccccc1)c1ccc(C(=O)C[N+](=O)[O-])cc1)NCl. The third-order valence-electron chi connectivity index (χ3n) is 3.24. The van der Waals surface area contributed by atoms with Crippen LogP contribution in [0.4, 0.5) is 0 Å². The van der Waals surface area contributed by atoms with E-state index in [-0.39, 0.29) is 5.56 Å². The molecule has 0 aliphatic rings. The quantitative estimate of drug-likeness (QED) is 0.287. The second kappa shape index (κ2) is 8.03. The van der Waals surface area contributed by atoms with Crippen molar-refractivity contribution in [3.8, 4) is 0 Å². The van der Waals surface area contributed by atoms with Gasteiger partial charge in [0, 0.05) is 28.3 Å². The number of Topliss-reactive ketones (excluding diaryl/α,β-unsaturated/α-hetero) is 1. The van der Waals surface area contributed by atoms with E-state index in [1.54, 1.807) is 12.1 Å². The molecular weight excluding hydrogens is 332 g/mol. The molecule has 122 valence electrons. The van der Waals surface area contributed by atoms with Gasteiger partial charge in [-0.3, -0.25) is 24.5 Å². The van der Waals surface area contributed by atoms with E-state index in [1.807, 2.05) is 35.2 Å². The molecule has 6 nitrogen and oxygen atoms in total. The second-order valence-corrected chi connectivity index (χ2v) is 5.06. The minimum atomic E-state index is -0.755. The number of benzene rings is 2. The lowest BCUT2D eigenvalue weighted by molar-refractivity contribution is -0.465. The van der Waals surface area contributed by atoms with Crippen molar-refractivity contribution in [1.82, 2.24) is 4.84 Å². The van der Waals surface area contributed by atoms with Gasteiger partial charge in [0.15, 0.2) is 0 Å². The number of nitro groups is 1. The number of nitrogens with one attached hydrogen (secondary N) is 1. The average molecular weight is 345 g/mol. The number of hydrogen-bond donors (Lipinski definition) is 1. The molecule has 0 aliphatic heterocycles. The molecule has 2 rings (SSSR count). The lowest BCUT2D eigenvalue weighted by Crippen LogP contribution is -2.13. The van der Waals surface area contributed by atoms with Crippen molar-refractivity contribution in [2.45, 2.75) is 0 Å². The van der Waals surface area contributed by atoms with Crippen LogP contribution in [0.5, 0.6) is 0 Å². The van der Waals surface area contributed by atoms with Crippen LogP contribution in [0.2, 0.25) is 0 Å². The predicted molar refractivity (Wildman–Crippen MR) is 90.2 cm³/mol. The van der Waals surface area contributed by atoms with E-state index in [0.29, 0.717) is 11.1 Å². The average Bonchev–Trinajstić information content (AvgIpc) is 2.59. The monoisotopic (exact) mass is 344 g/mol. The Kier molecular flexibility index (Phi) is 5.81. The maximum absolute atomic E-state index is 11.7. The number of rotatable bonds is 6. The van der Waals surface area contributed by atoms with Crippen molar-refractivity contribution in [3.63, 3.8) is 0 Å². The molecular formula is C17H13ClN2O4. The molecule has 0 aliphatic carbocycles. The Bertz CT molecular complexity index is 786. The van der Waals surface area contributed by atoms with Crippen molar-refractivity contribution in [1.29, 1.82) is 0 Å². The molecule has 0 fully saturated rings. The fourth-order valence-electron chi connectivity index (χ4n) is 2.15. The van der Waals surface area contributed by atoms with Gasteiger partial charge >= 0.3 is 0 Å². The zero-order chi connectivity index (χ0) is 17.5. The van der Waals surface area contributed by atoms with Gasteiger partial charge in [-0.15, -0.1) is 0 Å². The highest BCUT2D eigenvalue weighted by molar-refractivity contribution is 6.24. The first-order valence-electron chi connectivity index (χ1n) is 6.94. The van der Waals surface area contributed by atoms with Crippen LogP contribution < -0.4 is 4.84 Å². The summed E-state index contributed by atoms with van der Waals surface area (Å²) in [7, 11) is 0. The number of amides is 1. The molecule has 2 aromatic carbocycles. The largest absolute Gasteiger partial charge is 0.287 e. The Labute approximate surface area is 143 Å². The molecule has 0 radical (unpaired) electrons. The molecule has 2 aromatic rings. The lowest BCUT2D eigenvalue weighted by atomic mass is 9.96. The summed E-state index contributed by atoms with van der Waals surface area (Å²) in [6.45, 7) is -0.755. The van der Waals surface area contributed by atoms with Crippen molar-refractivity contribution >= 4 is 29.0 Å². The Morgan fingerprint density at radius 1 is 1.00 bits per heavy atom. The van der Waals surface area contributed by atoms with Gasteiger partial charge in [0.25, 0.3) is 12.5 Å². The van der Waals surface area contributed by atoms with E-state index in [1.165, 1.54) is 18.2 Å². The number of ketones is 1. The number of carbonyl (C=O) groups is 2. The van der Waals surface area contributed by atoms with E-state index >= 15 is 0 Å². The first-order valence-corrected chi connectivity index (χ1v) is 7.32. The first kappa shape index (κ1) is 17.4. The third-order valence-corrected chi connectivity index (χ3v) is 3.43. The highest BCUT2D eigenvalue weighted by Crippen LogP contribution is 2.23. The topological polar surface area (TPSA) is 89.3 Å². The Morgan fingerprint density at radius 2 is 1.54 bits per heavy atom. The van der Waals surface area contributed by atoms with E-state index in [4.69, 9.17) is 11.8 Å². The molecule has 24 heavy (non-hydrogen) atoms. The Morgan fingerprint density at radius 3 is 2.08 bits per heavy atom. The smallest absolute Gasteiger partial charge is 0.265 e. The van der Waals surface area contributed by atoms with Gasteiger partial charge in [-0.2, -0.15) is 0 Å². The summed E-state index contributed by atoms with van der Waals surface area (Å²) < 4.78 is 0. The van der Waals surface area contributed by atoms with Crippen LogP contribution in [0.25, 0.3) is 5.57 Å². The fraction of sp³-hybridized carbons (Fsp3) is 0.0588. The fourth-order valence-corrected chi connectivity index (χ4v) is 2.21. The summed E-state index contributed by atoms with van der Waals surface area (Å²) in [6, 6.07) is 15.4. The maximum Gasteiger partial charge on any atom is 0.265 e. The van der Waals surface area contributed by atoms with Gasteiger partial charge in [0.1, 0.15) is 0 Å². The lowest BCUT2D eigenvalue weighted by Gasteiger charge is -2.09. The number of halogens is 1. The molecule has 0 bridgehead atoms. The van der Waals surface area contributed by atoms with E-state index in [0.717, 1.165) is 5.56 Å². The third kappa shape index (κ3) is 4.50. The zero-order valence-corrected chi connectivity index (χ0v) is 13.2. The summed E-state index contributed by atoms with van der Waals surface area (Å²) in [6.07, 6.45) is 1.34. The van der Waals surface area contributed by atoms with Gasteiger partial charge in [-0.05, 0) is 16.7 Å². The van der Waals surface area contributed by atoms with E-state index < -0.39 is 23.2 Å². The molecule has 0 aromatic heterocycles. The predicted octanol–water partition coefficient (Wildman–Crippen LogP) is 2.85. The molecule has 7 heteroatoms. The van der Waals surface area contributed by atoms with Crippen LogP contribution in [0.3, 0.4) is 0 Å². The summed E-state index contributed by atoms with van der Waals surface area (Å²) in [4.78, 5) is 35.1. The normalized spacial score (nSPS) is 11.0. The Balaban J connectivity index is 2.37. The molecule has 0 spiro atoms. The standard InChI is InChI=1S/C17H13ClN2O4/c18-19-17(22)10-15(12-4-2-1-3-5-12)13-6-8-14(9-7-13)16(21)11-20(23)24/h1-10H,11H2,(H,19,22). The molecule has 0 heterocycles. The van der Waals surface area contributed by atoms with Gasteiger partial charge in [0.05, 0.1) is 0 Å². The van der Waals surface area contributed by atoms with Gasteiger partial charge in [-0.25, -0.2) is 0 Å². The summed E-state index contributed by atoms with van der Waals surface area (Å²) in [5, 5.41) is 10.4. The molecule has 0 atom stereocenters.